The number of nitrogens with one attached hydrogen (secondary N) is 1. The zero-order valence-corrected chi connectivity index (χ0v) is 12.2. The average molecular weight is 264 g/mol. The molecule has 1 fully saturated rings. The Hall–Kier alpha value is -1.52. The predicted octanol–water partition coefficient (Wildman–Crippen LogP) is 1.87. The molecule has 106 valence electrons. The first-order chi connectivity index (χ1) is 8.90. The molecule has 3 unspecified atom stereocenters. The second-order valence-corrected chi connectivity index (χ2v) is 5.95. The number of carbonyl (C=O) groups is 1. The number of amides is 1. The molecule has 1 aromatic heterocycles. The molecule has 0 aromatic carbocycles. The van der Waals surface area contributed by atoms with Crippen LogP contribution in [0.4, 0.5) is 5.69 Å². The minimum Gasteiger partial charge on any atom is -0.395 e. The Morgan fingerprint density at radius 3 is 2.63 bits per heavy atom. The molecule has 1 amide bonds. The summed E-state index contributed by atoms with van der Waals surface area (Å²) in [6.07, 6.45) is 3.39. The van der Waals surface area contributed by atoms with Crippen LogP contribution in [0, 0.1) is 18.8 Å². The monoisotopic (exact) mass is 264 g/mol. The molecular weight excluding hydrogens is 240 g/mol. The van der Waals surface area contributed by atoms with Gasteiger partial charge in [0, 0.05) is 13.1 Å². The summed E-state index contributed by atoms with van der Waals surface area (Å²) in [7, 11) is 1.75. The lowest BCUT2D eigenvalue weighted by Gasteiger charge is -2.33. The summed E-state index contributed by atoms with van der Waals surface area (Å²) in [5, 5.41) is 7.31. The van der Waals surface area contributed by atoms with Crippen LogP contribution in [0.1, 0.15) is 49.3 Å². The van der Waals surface area contributed by atoms with Gasteiger partial charge in [0.15, 0.2) is 0 Å². The lowest BCUT2D eigenvalue weighted by molar-refractivity contribution is 0.0891. The van der Waals surface area contributed by atoms with Gasteiger partial charge in [-0.2, -0.15) is 5.10 Å². The Bertz CT molecular complexity index is 480. The fourth-order valence-electron chi connectivity index (χ4n) is 3.06. The lowest BCUT2D eigenvalue weighted by Crippen LogP contribution is -2.43. The van der Waals surface area contributed by atoms with Crippen LogP contribution in [0.5, 0.6) is 0 Å². The topological polar surface area (TPSA) is 72.9 Å². The second kappa shape index (κ2) is 5.23. The van der Waals surface area contributed by atoms with Crippen molar-refractivity contribution in [1.82, 2.24) is 15.1 Å². The highest BCUT2D eigenvalue weighted by Crippen LogP contribution is 2.29. The molecule has 0 spiro atoms. The third kappa shape index (κ3) is 2.74. The van der Waals surface area contributed by atoms with Gasteiger partial charge in [-0.3, -0.25) is 9.48 Å². The predicted molar refractivity (Wildman–Crippen MR) is 75.8 cm³/mol. The molecule has 0 bridgehead atoms. The number of rotatable bonds is 2. The van der Waals surface area contributed by atoms with E-state index < -0.39 is 0 Å². The van der Waals surface area contributed by atoms with Crippen molar-refractivity contribution in [1.29, 1.82) is 0 Å². The van der Waals surface area contributed by atoms with Crippen LogP contribution in [0.2, 0.25) is 0 Å². The quantitative estimate of drug-likeness (QED) is 0.856. The van der Waals surface area contributed by atoms with Crippen LogP contribution in [-0.2, 0) is 7.05 Å². The van der Waals surface area contributed by atoms with Crippen molar-refractivity contribution in [2.75, 3.05) is 5.73 Å². The summed E-state index contributed by atoms with van der Waals surface area (Å²) >= 11 is 0. The Labute approximate surface area is 114 Å². The zero-order valence-electron chi connectivity index (χ0n) is 12.2. The normalized spacial score (nSPS) is 27.3. The zero-order chi connectivity index (χ0) is 14.2. The van der Waals surface area contributed by atoms with E-state index >= 15 is 0 Å². The summed E-state index contributed by atoms with van der Waals surface area (Å²) in [5.74, 6) is 1.17. The van der Waals surface area contributed by atoms with E-state index in [1.54, 1.807) is 11.7 Å². The average Bonchev–Trinajstić information content (AvgIpc) is 2.57. The lowest BCUT2D eigenvalue weighted by atomic mass is 9.80. The van der Waals surface area contributed by atoms with Gasteiger partial charge in [0.1, 0.15) is 5.69 Å². The van der Waals surface area contributed by atoms with Crippen LogP contribution >= 0.6 is 0 Å². The molecule has 0 saturated heterocycles. The van der Waals surface area contributed by atoms with Crippen molar-refractivity contribution < 1.29 is 4.79 Å². The Morgan fingerprint density at radius 1 is 1.42 bits per heavy atom. The molecule has 5 nitrogen and oxygen atoms in total. The first-order valence-electron chi connectivity index (χ1n) is 7.00. The molecule has 0 radical (unpaired) electrons. The molecule has 1 aliphatic rings. The number of anilines is 1. The number of aromatic nitrogens is 2. The maximum atomic E-state index is 12.3. The Kier molecular flexibility index (Phi) is 3.83. The first-order valence-corrected chi connectivity index (χ1v) is 7.00. The Balaban J connectivity index is 2.09. The van der Waals surface area contributed by atoms with Gasteiger partial charge in [-0.05, 0) is 38.0 Å². The van der Waals surface area contributed by atoms with E-state index in [1.807, 2.05) is 6.92 Å². The number of hydrogen-bond donors (Lipinski definition) is 2. The summed E-state index contributed by atoms with van der Waals surface area (Å²) in [6.45, 7) is 6.30. The van der Waals surface area contributed by atoms with Crippen LogP contribution in [0.25, 0.3) is 0 Å². The van der Waals surface area contributed by atoms with Gasteiger partial charge in [-0.15, -0.1) is 0 Å². The number of nitrogens with two attached hydrogens (primary N) is 1. The SMILES string of the molecule is Cc1nn(C)c(C(=O)NC2CCC(C)CC2C)c1N. The Morgan fingerprint density at radius 2 is 2.11 bits per heavy atom. The van der Waals surface area contributed by atoms with Gasteiger partial charge in [0.2, 0.25) is 0 Å². The molecule has 5 heteroatoms. The van der Waals surface area contributed by atoms with Crippen molar-refractivity contribution in [3.8, 4) is 0 Å². The van der Waals surface area contributed by atoms with Crippen LogP contribution in [-0.4, -0.2) is 21.7 Å². The molecule has 1 saturated carbocycles. The number of aryl methyl sites for hydroxylation is 2. The van der Waals surface area contributed by atoms with Gasteiger partial charge in [-0.1, -0.05) is 13.8 Å². The highest BCUT2D eigenvalue weighted by Gasteiger charge is 2.28. The minimum atomic E-state index is -0.105. The standard InChI is InChI=1S/C14H24N4O/c1-8-5-6-11(9(2)7-8)16-14(19)13-12(15)10(3)17-18(13)4/h8-9,11H,5-7,15H2,1-4H3,(H,16,19). The molecule has 2 rings (SSSR count). The first kappa shape index (κ1) is 13.9. The van der Waals surface area contributed by atoms with Crippen molar-refractivity contribution >= 4 is 11.6 Å². The molecule has 3 atom stereocenters. The third-order valence-electron chi connectivity index (χ3n) is 4.23. The minimum absolute atomic E-state index is 0.105. The number of nitrogen functional groups attached to an aromatic ring is 1. The molecule has 1 aliphatic carbocycles. The van der Waals surface area contributed by atoms with Crippen molar-refractivity contribution in [2.45, 2.75) is 46.1 Å². The van der Waals surface area contributed by atoms with Gasteiger partial charge < -0.3 is 11.1 Å². The van der Waals surface area contributed by atoms with E-state index in [0.29, 0.717) is 23.0 Å². The van der Waals surface area contributed by atoms with E-state index in [2.05, 4.69) is 24.3 Å². The van der Waals surface area contributed by atoms with Crippen LogP contribution < -0.4 is 11.1 Å². The van der Waals surface area contributed by atoms with Crippen molar-refractivity contribution in [3.05, 3.63) is 11.4 Å². The maximum absolute atomic E-state index is 12.3. The molecular formula is C14H24N4O. The van der Waals surface area contributed by atoms with Crippen molar-refractivity contribution in [2.24, 2.45) is 18.9 Å². The molecule has 3 N–H and O–H groups in total. The van der Waals surface area contributed by atoms with E-state index in [9.17, 15) is 4.79 Å². The highest BCUT2D eigenvalue weighted by atomic mass is 16.2. The molecule has 1 aromatic rings. The highest BCUT2D eigenvalue weighted by molar-refractivity contribution is 5.98. The fourth-order valence-corrected chi connectivity index (χ4v) is 3.06. The molecule has 19 heavy (non-hydrogen) atoms. The summed E-state index contributed by atoms with van der Waals surface area (Å²) in [5.41, 5.74) is 7.59. The summed E-state index contributed by atoms with van der Waals surface area (Å²) < 4.78 is 1.57. The van der Waals surface area contributed by atoms with E-state index in [1.165, 1.54) is 12.8 Å². The fraction of sp³-hybridized carbons (Fsp3) is 0.714. The van der Waals surface area contributed by atoms with Crippen molar-refractivity contribution in [3.63, 3.8) is 0 Å². The maximum Gasteiger partial charge on any atom is 0.271 e. The second-order valence-electron chi connectivity index (χ2n) is 5.95. The van der Waals surface area contributed by atoms with E-state index in [-0.39, 0.29) is 11.9 Å². The molecule has 1 heterocycles. The number of carbonyl (C=O) groups excluding carboxylic acids is 1. The van der Waals surface area contributed by atoms with Gasteiger partial charge in [-0.25, -0.2) is 0 Å². The van der Waals surface area contributed by atoms with Crippen LogP contribution in [0.15, 0.2) is 0 Å². The molecule has 0 aliphatic heterocycles. The third-order valence-corrected chi connectivity index (χ3v) is 4.23. The van der Waals surface area contributed by atoms with Gasteiger partial charge in [0.05, 0.1) is 11.4 Å². The van der Waals surface area contributed by atoms with Crippen LogP contribution in [0.3, 0.4) is 0 Å². The van der Waals surface area contributed by atoms with E-state index in [0.717, 1.165) is 12.3 Å². The summed E-state index contributed by atoms with van der Waals surface area (Å²) in [4.78, 5) is 12.3. The summed E-state index contributed by atoms with van der Waals surface area (Å²) in [6, 6.07) is 0.248. The number of nitrogens with zero attached hydrogens (tertiary/aromatic N) is 2. The van der Waals surface area contributed by atoms with Gasteiger partial charge >= 0.3 is 0 Å². The largest absolute Gasteiger partial charge is 0.395 e. The smallest absolute Gasteiger partial charge is 0.271 e. The van der Waals surface area contributed by atoms with E-state index in [4.69, 9.17) is 5.73 Å². The van der Waals surface area contributed by atoms with Gasteiger partial charge in [0.25, 0.3) is 5.91 Å². The number of hydrogen-bond acceptors (Lipinski definition) is 3.